The Balaban J connectivity index is 2.80. The van der Waals surface area contributed by atoms with Gasteiger partial charge < -0.3 is 10.6 Å². The van der Waals surface area contributed by atoms with Crippen LogP contribution in [-0.4, -0.2) is 25.3 Å². The third-order valence-electron chi connectivity index (χ3n) is 3.64. The molecule has 0 heterocycles. The van der Waals surface area contributed by atoms with Crippen LogP contribution in [0.3, 0.4) is 0 Å². The Morgan fingerprint density at radius 1 is 1.15 bits per heavy atom. The van der Waals surface area contributed by atoms with E-state index in [9.17, 15) is 17.6 Å². The molecule has 2 N–H and O–H groups in total. The summed E-state index contributed by atoms with van der Waals surface area (Å²) in [5, 5.41) is 0. The fourth-order valence-electron chi connectivity index (χ4n) is 2.09. The highest BCUT2D eigenvalue weighted by Crippen LogP contribution is 2.30. The fraction of sp³-hybridized carbons (Fsp3) is 0.571. The standard InChI is InChI=1S/C14H20F4N2/c1-13(10-19,8-5-9-14(16,17)18)20(2)12-7-4-3-6-11(12)15/h3-4,6-7H,5,8-10,19H2,1-2H3. The molecule has 0 aromatic heterocycles. The van der Waals surface area contributed by atoms with Crippen molar-refractivity contribution in [3.8, 4) is 0 Å². The molecule has 0 amide bonds. The zero-order chi connectivity index (χ0) is 15.4. The van der Waals surface area contributed by atoms with E-state index in [0.717, 1.165) is 0 Å². The Hall–Kier alpha value is -1.30. The second-order valence-corrected chi connectivity index (χ2v) is 5.18. The van der Waals surface area contributed by atoms with Gasteiger partial charge in [-0.2, -0.15) is 13.2 Å². The molecule has 6 heteroatoms. The predicted octanol–water partition coefficient (Wildman–Crippen LogP) is 3.71. The maximum Gasteiger partial charge on any atom is 0.389 e. The molecule has 1 atom stereocenters. The van der Waals surface area contributed by atoms with Crippen LogP contribution in [0.2, 0.25) is 0 Å². The number of para-hydroxylation sites is 1. The molecule has 114 valence electrons. The summed E-state index contributed by atoms with van der Waals surface area (Å²) in [5.41, 5.74) is 5.33. The minimum absolute atomic E-state index is 0.0318. The van der Waals surface area contributed by atoms with Gasteiger partial charge in [-0.3, -0.25) is 0 Å². The molecule has 1 rings (SSSR count). The summed E-state index contributed by atoms with van der Waals surface area (Å²) in [6.07, 6.45) is -4.82. The topological polar surface area (TPSA) is 29.3 Å². The summed E-state index contributed by atoms with van der Waals surface area (Å²) < 4.78 is 50.4. The van der Waals surface area contributed by atoms with Crippen molar-refractivity contribution < 1.29 is 17.6 Å². The first-order valence-electron chi connectivity index (χ1n) is 6.45. The van der Waals surface area contributed by atoms with Crippen LogP contribution >= 0.6 is 0 Å². The molecule has 20 heavy (non-hydrogen) atoms. The monoisotopic (exact) mass is 292 g/mol. The Labute approximate surface area is 116 Å². The molecule has 1 aromatic carbocycles. The summed E-state index contributed by atoms with van der Waals surface area (Å²) in [6, 6.07) is 6.16. The number of anilines is 1. The number of rotatable bonds is 6. The van der Waals surface area contributed by atoms with E-state index >= 15 is 0 Å². The zero-order valence-corrected chi connectivity index (χ0v) is 11.7. The predicted molar refractivity (Wildman–Crippen MR) is 72.2 cm³/mol. The minimum atomic E-state index is -4.17. The highest BCUT2D eigenvalue weighted by molar-refractivity contribution is 5.49. The maximum atomic E-state index is 13.8. The summed E-state index contributed by atoms with van der Waals surface area (Å²) in [4.78, 5) is 1.62. The quantitative estimate of drug-likeness (QED) is 0.810. The van der Waals surface area contributed by atoms with Crippen LogP contribution in [-0.2, 0) is 0 Å². The van der Waals surface area contributed by atoms with Crippen LogP contribution in [0.5, 0.6) is 0 Å². The first-order valence-corrected chi connectivity index (χ1v) is 6.45. The fourth-order valence-corrected chi connectivity index (χ4v) is 2.09. The lowest BCUT2D eigenvalue weighted by atomic mass is 9.92. The molecule has 1 aromatic rings. The SMILES string of the molecule is CN(c1ccccc1F)C(C)(CN)CCCC(F)(F)F. The van der Waals surface area contributed by atoms with E-state index < -0.39 is 24.0 Å². The summed E-state index contributed by atoms with van der Waals surface area (Å²) in [7, 11) is 1.65. The van der Waals surface area contributed by atoms with E-state index in [4.69, 9.17) is 5.73 Å². The molecule has 0 aliphatic rings. The van der Waals surface area contributed by atoms with Gasteiger partial charge in [0, 0.05) is 25.6 Å². The molecule has 0 fully saturated rings. The van der Waals surface area contributed by atoms with Gasteiger partial charge in [-0.25, -0.2) is 4.39 Å². The summed E-state index contributed by atoms with van der Waals surface area (Å²) in [6.45, 7) is 1.89. The van der Waals surface area contributed by atoms with Crippen molar-refractivity contribution in [1.29, 1.82) is 0 Å². The zero-order valence-electron chi connectivity index (χ0n) is 11.7. The van der Waals surface area contributed by atoms with Crippen molar-refractivity contribution in [2.75, 3.05) is 18.5 Å². The number of nitrogens with two attached hydrogens (primary N) is 1. The smallest absolute Gasteiger partial charge is 0.366 e. The molecule has 0 saturated carbocycles. The van der Waals surface area contributed by atoms with Crippen molar-refractivity contribution in [1.82, 2.24) is 0 Å². The van der Waals surface area contributed by atoms with E-state index in [1.807, 2.05) is 0 Å². The molecule has 0 radical (unpaired) electrons. The van der Waals surface area contributed by atoms with Crippen LogP contribution < -0.4 is 10.6 Å². The number of alkyl halides is 3. The number of hydrogen-bond donors (Lipinski definition) is 1. The van der Waals surface area contributed by atoms with Crippen LogP contribution in [0.25, 0.3) is 0 Å². The Morgan fingerprint density at radius 3 is 2.25 bits per heavy atom. The van der Waals surface area contributed by atoms with Crippen molar-refractivity contribution in [3.05, 3.63) is 30.1 Å². The number of likely N-dealkylation sites (N-methyl/N-ethyl adjacent to an activating group) is 1. The summed E-state index contributed by atoms with van der Waals surface area (Å²) >= 11 is 0. The largest absolute Gasteiger partial charge is 0.389 e. The van der Waals surface area contributed by atoms with Crippen LogP contribution in [0.1, 0.15) is 26.2 Å². The minimum Gasteiger partial charge on any atom is -0.366 e. The van der Waals surface area contributed by atoms with E-state index in [1.165, 1.54) is 6.07 Å². The van der Waals surface area contributed by atoms with Crippen LogP contribution in [0.15, 0.2) is 24.3 Å². The lowest BCUT2D eigenvalue weighted by molar-refractivity contribution is -0.136. The van der Waals surface area contributed by atoms with E-state index in [-0.39, 0.29) is 19.4 Å². The van der Waals surface area contributed by atoms with Crippen molar-refractivity contribution >= 4 is 5.69 Å². The lowest BCUT2D eigenvalue weighted by Gasteiger charge is -2.40. The van der Waals surface area contributed by atoms with Gasteiger partial charge in [0.15, 0.2) is 0 Å². The normalized spacial score (nSPS) is 14.9. The van der Waals surface area contributed by atoms with E-state index in [1.54, 1.807) is 37.1 Å². The van der Waals surface area contributed by atoms with Crippen LogP contribution in [0.4, 0.5) is 23.2 Å². The molecule has 0 spiro atoms. The van der Waals surface area contributed by atoms with Crippen molar-refractivity contribution in [3.63, 3.8) is 0 Å². The highest BCUT2D eigenvalue weighted by atomic mass is 19.4. The summed E-state index contributed by atoms with van der Waals surface area (Å²) in [5.74, 6) is -0.412. The molecule has 1 unspecified atom stereocenters. The third kappa shape index (κ3) is 4.37. The molecular formula is C14H20F4N2. The van der Waals surface area contributed by atoms with Gasteiger partial charge >= 0.3 is 6.18 Å². The van der Waals surface area contributed by atoms with E-state index in [2.05, 4.69) is 0 Å². The molecule has 0 aliphatic carbocycles. The van der Waals surface area contributed by atoms with Gasteiger partial charge in [-0.05, 0) is 31.9 Å². The number of hydrogen-bond acceptors (Lipinski definition) is 2. The highest BCUT2D eigenvalue weighted by Gasteiger charge is 2.32. The maximum absolute atomic E-state index is 13.8. The number of benzene rings is 1. The average molecular weight is 292 g/mol. The third-order valence-corrected chi connectivity index (χ3v) is 3.64. The van der Waals surface area contributed by atoms with Crippen molar-refractivity contribution in [2.45, 2.75) is 37.9 Å². The van der Waals surface area contributed by atoms with Gasteiger partial charge in [0.25, 0.3) is 0 Å². The average Bonchev–Trinajstić information content (AvgIpc) is 2.36. The van der Waals surface area contributed by atoms with Gasteiger partial charge in [0.05, 0.1) is 5.69 Å². The van der Waals surface area contributed by atoms with E-state index in [0.29, 0.717) is 5.69 Å². The first-order chi connectivity index (χ1) is 9.19. The number of halogens is 4. The first kappa shape index (κ1) is 16.8. The Kier molecular flexibility index (Phi) is 5.39. The molecule has 0 saturated heterocycles. The molecular weight excluding hydrogens is 272 g/mol. The van der Waals surface area contributed by atoms with Crippen molar-refractivity contribution in [2.24, 2.45) is 5.73 Å². The van der Waals surface area contributed by atoms with Gasteiger partial charge in [-0.1, -0.05) is 12.1 Å². The molecule has 2 nitrogen and oxygen atoms in total. The van der Waals surface area contributed by atoms with Crippen LogP contribution in [0, 0.1) is 5.82 Å². The Bertz CT molecular complexity index is 433. The van der Waals surface area contributed by atoms with Gasteiger partial charge in [0.1, 0.15) is 5.82 Å². The van der Waals surface area contributed by atoms with Gasteiger partial charge in [0.2, 0.25) is 0 Å². The molecule has 0 aliphatic heterocycles. The Morgan fingerprint density at radius 2 is 1.75 bits per heavy atom. The van der Waals surface area contributed by atoms with Gasteiger partial charge in [-0.15, -0.1) is 0 Å². The second-order valence-electron chi connectivity index (χ2n) is 5.18. The second kappa shape index (κ2) is 6.43. The molecule has 0 bridgehead atoms. The number of nitrogens with zero attached hydrogens (tertiary/aromatic N) is 1. The lowest BCUT2D eigenvalue weighted by Crippen LogP contribution is -2.50.